The first-order chi connectivity index (χ1) is 8.47. The minimum absolute atomic E-state index is 0.0920. The lowest BCUT2D eigenvalue weighted by atomic mass is 10.0. The fraction of sp³-hybridized carbons (Fsp3) is 0.0769. The van der Waals surface area contributed by atoms with Gasteiger partial charge in [0.1, 0.15) is 5.82 Å². The highest BCUT2D eigenvalue weighted by Gasteiger charge is 2.13. The summed E-state index contributed by atoms with van der Waals surface area (Å²) in [7, 11) is 0. The van der Waals surface area contributed by atoms with E-state index in [4.69, 9.17) is 23.2 Å². The van der Waals surface area contributed by atoms with Crippen molar-refractivity contribution in [3.8, 4) is 0 Å². The maximum atomic E-state index is 13.2. The third-order valence-electron chi connectivity index (χ3n) is 2.41. The van der Waals surface area contributed by atoms with Crippen LogP contribution in [-0.2, 0) is 0 Å². The summed E-state index contributed by atoms with van der Waals surface area (Å²) in [4.78, 5) is -0.0920. The summed E-state index contributed by atoms with van der Waals surface area (Å²) in [6.45, 7) is 0. The van der Waals surface area contributed by atoms with Gasteiger partial charge in [-0.3, -0.25) is 0 Å². The average molecular weight is 413 g/mol. The highest BCUT2D eigenvalue weighted by Crippen LogP contribution is 2.35. The van der Waals surface area contributed by atoms with Crippen LogP contribution >= 0.6 is 55.1 Å². The van der Waals surface area contributed by atoms with E-state index in [1.54, 1.807) is 18.2 Å². The van der Waals surface area contributed by atoms with Crippen LogP contribution in [-0.4, -0.2) is 0 Å². The second-order valence-corrected chi connectivity index (χ2v) is 6.38. The van der Waals surface area contributed by atoms with Crippen LogP contribution in [0.1, 0.15) is 16.0 Å². The van der Waals surface area contributed by atoms with Gasteiger partial charge in [-0.1, -0.05) is 45.2 Å². The third-order valence-corrected chi connectivity index (χ3v) is 4.52. The van der Waals surface area contributed by atoms with Gasteiger partial charge in [0.25, 0.3) is 0 Å². The molecule has 1 atom stereocenters. The molecular formula is C13H7Br2Cl2F. The molecule has 0 fully saturated rings. The fourth-order valence-corrected chi connectivity index (χ4v) is 3.07. The number of hydrogen-bond acceptors (Lipinski definition) is 0. The summed E-state index contributed by atoms with van der Waals surface area (Å²) >= 11 is 18.7. The van der Waals surface area contributed by atoms with Crippen LogP contribution in [0, 0.1) is 5.82 Å². The summed E-state index contributed by atoms with van der Waals surface area (Å²) in [5, 5.41) is 1.14. The Balaban J connectivity index is 2.40. The molecule has 0 nitrogen and oxygen atoms in total. The largest absolute Gasteiger partial charge is 0.206 e. The van der Waals surface area contributed by atoms with Crippen LogP contribution in [0.2, 0.25) is 10.0 Å². The van der Waals surface area contributed by atoms with Gasteiger partial charge in [-0.05, 0) is 57.4 Å². The number of hydrogen-bond donors (Lipinski definition) is 0. The topological polar surface area (TPSA) is 0 Å². The van der Waals surface area contributed by atoms with Crippen molar-refractivity contribution in [3.63, 3.8) is 0 Å². The summed E-state index contributed by atoms with van der Waals surface area (Å²) in [6.07, 6.45) is 0. The van der Waals surface area contributed by atoms with Crippen molar-refractivity contribution in [2.45, 2.75) is 4.83 Å². The van der Waals surface area contributed by atoms with Crippen LogP contribution in [0.25, 0.3) is 0 Å². The molecule has 0 N–H and O–H groups in total. The zero-order valence-corrected chi connectivity index (χ0v) is 13.6. The van der Waals surface area contributed by atoms with E-state index in [1.807, 2.05) is 12.1 Å². The van der Waals surface area contributed by atoms with Gasteiger partial charge in [0, 0.05) is 10.0 Å². The molecule has 0 saturated carbocycles. The maximum absolute atomic E-state index is 13.2. The Kier molecular flexibility index (Phi) is 4.70. The average Bonchev–Trinajstić information content (AvgIpc) is 2.30. The summed E-state index contributed by atoms with van der Waals surface area (Å²) < 4.78 is 13.6. The van der Waals surface area contributed by atoms with E-state index in [-0.39, 0.29) is 10.6 Å². The smallest absolute Gasteiger partial charge is 0.137 e. The van der Waals surface area contributed by atoms with Gasteiger partial charge in [-0.25, -0.2) is 4.39 Å². The molecule has 0 aliphatic heterocycles. The van der Waals surface area contributed by atoms with Crippen LogP contribution in [0.5, 0.6) is 0 Å². The summed E-state index contributed by atoms with van der Waals surface area (Å²) in [5.41, 5.74) is 1.84. The second-order valence-electron chi connectivity index (χ2n) is 3.74. The Morgan fingerprint density at radius 1 is 0.944 bits per heavy atom. The molecule has 5 heteroatoms. The minimum atomic E-state index is -0.289. The Hall–Kier alpha value is -0.0900. The molecule has 0 heterocycles. The number of rotatable bonds is 2. The summed E-state index contributed by atoms with van der Waals surface area (Å²) in [6, 6.07) is 10.2. The third kappa shape index (κ3) is 3.27. The van der Waals surface area contributed by atoms with Crippen LogP contribution < -0.4 is 0 Å². The predicted octanol–water partition coefficient (Wildman–Crippen LogP) is 6.38. The van der Waals surface area contributed by atoms with Crippen molar-refractivity contribution in [2.75, 3.05) is 0 Å². The molecule has 0 saturated heterocycles. The molecule has 0 spiro atoms. The molecule has 1 unspecified atom stereocenters. The van der Waals surface area contributed by atoms with Gasteiger partial charge < -0.3 is 0 Å². The van der Waals surface area contributed by atoms with Gasteiger partial charge in [0.05, 0.1) is 9.30 Å². The highest BCUT2D eigenvalue weighted by molar-refractivity contribution is 9.10. The molecule has 0 aliphatic rings. The monoisotopic (exact) mass is 410 g/mol. The van der Waals surface area contributed by atoms with Crippen molar-refractivity contribution < 1.29 is 4.39 Å². The number of alkyl halides is 1. The van der Waals surface area contributed by atoms with E-state index >= 15 is 0 Å². The molecule has 0 radical (unpaired) electrons. The van der Waals surface area contributed by atoms with Gasteiger partial charge in [-0.2, -0.15) is 0 Å². The van der Waals surface area contributed by atoms with E-state index in [9.17, 15) is 4.39 Å². The quantitative estimate of drug-likeness (QED) is 0.502. The molecule has 0 amide bonds. The normalized spacial score (nSPS) is 12.5. The Morgan fingerprint density at radius 3 is 2.11 bits per heavy atom. The molecule has 0 bridgehead atoms. The van der Waals surface area contributed by atoms with Gasteiger partial charge in [0.2, 0.25) is 0 Å². The highest BCUT2D eigenvalue weighted by atomic mass is 79.9. The van der Waals surface area contributed by atoms with Gasteiger partial charge >= 0.3 is 0 Å². The van der Waals surface area contributed by atoms with Gasteiger partial charge in [0.15, 0.2) is 0 Å². The van der Waals surface area contributed by atoms with Crippen molar-refractivity contribution in [2.24, 2.45) is 0 Å². The van der Waals surface area contributed by atoms with E-state index in [0.29, 0.717) is 14.5 Å². The van der Waals surface area contributed by atoms with Gasteiger partial charge in [-0.15, -0.1) is 0 Å². The lowest BCUT2D eigenvalue weighted by Crippen LogP contribution is -1.94. The molecule has 18 heavy (non-hydrogen) atoms. The van der Waals surface area contributed by atoms with Crippen LogP contribution in [0.4, 0.5) is 4.39 Å². The minimum Gasteiger partial charge on any atom is -0.206 e. The molecule has 2 aromatic rings. The molecule has 2 aromatic carbocycles. The van der Waals surface area contributed by atoms with E-state index in [1.165, 1.54) is 6.07 Å². The fourth-order valence-electron chi connectivity index (χ4n) is 1.58. The Labute approximate surface area is 131 Å². The Bertz CT molecular complexity index is 567. The maximum Gasteiger partial charge on any atom is 0.137 e. The molecule has 0 aromatic heterocycles. The SMILES string of the molecule is Fc1ccc(C(Br)c2cc(Cl)cc(Cl)c2)cc1Br. The van der Waals surface area contributed by atoms with Crippen LogP contribution in [0.15, 0.2) is 40.9 Å². The van der Waals surface area contributed by atoms with E-state index < -0.39 is 0 Å². The van der Waals surface area contributed by atoms with Crippen molar-refractivity contribution in [1.82, 2.24) is 0 Å². The van der Waals surface area contributed by atoms with E-state index in [2.05, 4.69) is 31.9 Å². The zero-order valence-electron chi connectivity index (χ0n) is 8.93. The van der Waals surface area contributed by atoms with Crippen molar-refractivity contribution >= 4 is 55.1 Å². The Morgan fingerprint density at radius 2 is 1.56 bits per heavy atom. The first-order valence-corrected chi connectivity index (χ1v) is 7.49. The molecule has 0 aliphatic carbocycles. The first kappa shape index (κ1) is 14.3. The standard InChI is InChI=1S/C13H7Br2Cl2F/c14-11-5-7(1-2-12(11)18)13(15)8-3-9(16)6-10(17)4-8/h1-6,13H. The first-order valence-electron chi connectivity index (χ1n) is 5.02. The lowest BCUT2D eigenvalue weighted by molar-refractivity contribution is 0.620. The molecular weight excluding hydrogens is 406 g/mol. The summed E-state index contributed by atoms with van der Waals surface area (Å²) in [5.74, 6) is -0.289. The molecule has 2 rings (SSSR count). The second kappa shape index (κ2) is 5.91. The lowest BCUT2D eigenvalue weighted by Gasteiger charge is -2.12. The van der Waals surface area contributed by atoms with Crippen molar-refractivity contribution in [3.05, 3.63) is 67.9 Å². The van der Waals surface area contributed by atoms with E-state index in [0.717, 1.165) is 11.1 Å². The number of benzene rings is 2. The predicted molar refractivity (Wildman–Crippen MR) is 81.3 cm³/mol. The van der Waals surface area contributed by atoms with Crippen molar-refractivity contribution in [1.29, 1.82) is 0 Å². The molecule has 94 valence electrons. The number of halogens is 5. The zero-order chi connectivity index (χ0) is 13.3. The van der Waals surface area contributed by atoms with Crippen LogP contribution in [0.3, 0.4) is 0 Å².